The Kier molecular flexibility index (Phi) is 4.67. The predicted molar refractivity (Wildman–Crippen MR) is 108 cm³/mol. The molecule has 1 aliphatic heterocycles. The Hall–Kier alpha value is -3.29. The third-order valence-electron chi connectivity index (χ3n) is 5.73. The van der Waals surface area contributed by atoms with Gasteiger partial charge >= 0.3 is 6.03 Å². The van der Waals surface area contributed by atoms with Crippen LogP contribution in [-0.4, -0.2) is 49.2 Å². The van der Waals surface area contributed by atoms with Crippen LogP contribution in [0.2, 0.25) is 0 Å². The second-order valence-corrected chi connectivity index (χ2v) is 7.70. The number of para-hydroxylation sites is 1. The van der Waals surface area contributed by atoms with E-state index in [-0.39, 0.29) is 6.03 Å². The number of aromatic nitrogens is 5. The molecule has 0 unspecified atom stereocenters. The Balaban J connectivity index is 1.28. The van der Waals surface area contributed by atoms with Crippen LogP contribution in [0.25, 0.3) is 11.4 Å². The molecule has 0 radical (unpaired) electrons. The molecule has 3 heterocycles. The van der Waals surface area contributed by atoms with Crippen LogP contribution < -0.4 is 5.32 Å². The van der Waals surface area contributed by atoms with Gasteiger partial charge in [0.05, 0.1) is 11.7 Å². The molecule has 0 bridgehead atoms. The Morgan fingerprint density at radius 3 is 2.62 bits per heavy atom. The molecule has 29 heavy (non-hydrogen) atoms. The van der Waals surface area contributed by atoms with Crippen molar-refractivity contribution in [2.45, 2.75) is 37.6 Å². The first kappa shape index (κ1) is 17.8. The van der Waals surface area contributed by atoms with E-state index in [0.29, 0.717) is 17.8 Å². The molecule has 8 heteroatoms. The number of rotatable bonds is 4. The van der Waals surface area contributed by atoms with Gasteiger partial charge in [-0.3, -0.25) is 4.98 Å². The molecule has 1 N–H and O–H groups in total. The highest BCUT2D eigenvalue weighted by Crippen LogP contribution is 2.38. The molecule has 5 rings (SSSR count). The van der Waals surface area contributed by atoms with Crippen LogP contribution >= 0.6 is 0 Å². The summed E-state index contributed by atoms with van der Waals surface area (Å²) in [6.45, 7) is 1.46. The number of urea groups is 1. The van der Waals surface area contributed by atoms with Crippen LogP contribution in [0.5, 0.6) is 0 Å². The topological polar surface area (TPSA) is 88.8 Å². The second kappa shape index (κ2) is 7.62. The fraction of sp³-hybridized carbons (Fsp3) is 0.381. The first-order chi connectivity index (χ1) is 14.3. The zero-order chi connectivity index (χ0) is 19.6. The van der Waals surface area contributed by atoms with Gasteiger partial charge in [0.2, 0.25) is 0 Å². The molecule has 1 saturated carbocycles. The van der Waals surface area contributed by atoms with Crippen molar-refractivity contribution < 1.29 is 4.79 Å². The van der Waals surface area contributed by atoms with Crippen LogP contribution in [0.15, 0.2) is 48.8 Å². The average Bonchev–Trinajstić information content (AvgIpc) is 3.51. The number of piperidine rings is 1. The molecule has 0 spiro atoms. The van der Waals surface area contributed by atoms with E-state index < -0.39 is 0 Å². The number of likely N-dealkylation sites (tertiary alicyclic amines) is 1. The van der Waals surface area contributed by atoms with Crippen LogP contribution in [-0.2, 0) is 0 Å². The van der Waals surface area contributed by atoms with Crippen molar-refractivity contribution in [1.29, 1.82) is 0 Å². The van der Waals surface area contributed by atoms with Gasteiger partial charge in [0.25, 0.3) is 0 Å². The third kappa shape index (κ3) is 3.70. The number of hydrogen-bond acceptors (Lipinski definition) is 5. The SMILES string of the molecule is O=C(Nc1ccccc1-c1nnnn1C1CC1)N1CCC(c2cccnc2)CC1. The normalized spacial score (nSPS) is 17.3. The summed E-state index contributed by atoms with van der Waals surface area (Å²) in [5, 5.41) is 15.2. The number of hydrogen-bond donors (Lipinski definition) is 1. The summed E-state index contributed by atoms with van der Waals surface area (Å²) in [5.41, 5.74) is 2.84. The van der Waals surface area contributed by atoms with Crippen LogP contribution in [0.1, 0.15) is 43.2 Å². The molecule has 0 atom stereocenters. The van der Waals surface area contributed by atoms with Gasteiger partial charge in [0, 0.05) is 31.0 Å². The summed E-state index contributed by atoms with van der Waals surface area (Å²) in [5.74, 6) is 1.17. The van der Waals surface area contributed by atoms with E-state index in [2.05, 4.69) is 31.9 Å². The minimum atomic E-state index is -0.0764. The van der Waals surface area contributed by atoms with Crippen molar-refractivity contribution in [2.75, 3.05) is 18.4 Å². The number of nitrogens with zero attached hydrogens (tertiary/aromatic N) is 6. The minimum Gasteiger partial charge on any atom is -0.324 e. The van der Waals surface area contributed by atoms with Crippen molar-refractivity contribution in [2.24, 2.45) is 0 Å². The zero-order valence-electron chi connectivity index (χ0n) is 16.1. The van der Waals surface area contributed by atoms with Gasteiger partial charge in [-0.2, -0.15) is 0 Å². The molecule has 2 fully saturated rings. The second-order valence-electron chi connectivity index (χ2n) is 7.70. The summed E-state index contributed by atoms with van der Waals surface area (Å²) in [7, 11) is 0. The van der Waals surface area contributed by atoms with Crippen molar-refractivity contribution in [1.82, 2.24) is 30.1 Å². The van der Waals surface area contributed by atoms with Gasteiger partial charge in [-0.1, -0.05) is 18.2 Å². The number of tetrazole rings is 1. The third-order valence-corrected chi connectivity index (χ3v) is 5.73. The van der Waals surface area contributed by atoms with Gasteiger partial charge < -0.3 is 10.2 Å². The highest BCUT2D eigenvalue weighted by Gasteiger charge is 2.29. The smallest absolute Gasteiger partial charge is 0.321 e. The maximum Gasteiger partial charge on any atom is 0.321 e. The number of anilines is 1. The molecule has 2 aromatic heterocycles. The lowest BCUT2D eigenvalue weighted by Crippen LogP contribution is -2.40. The minimum absolute atomic E-state index is 0.0764. The Bertz CT molecular complexity index is 991. The van der Waals surface area contributed by atoms with Gasteiger partial charge in [-0.15, -0.1) is 5.10 Å². The van der Waals surface area contributed by atoms with E-state index in [9.17, 15) is 4.79 Å². The first-order valence-electron chi connectivity index (χ1n) is 10.1. The number of amides is 2. The van der Waals surface area contributed by atoms with Crippen molar-refractivity contribution in [3.8, 4) is 11.4 Å². The number of benzene rings is 1. The maximum absolute atomic E-state index is 12.9. The van der Waals surface area contributed by atoms with E-state index >= 15 is 0 Å². The Morgan fingerprint density at radius 2 is 1.86 bits per heavy atom. The summed E-state index contributed by atoms with van der Waals surface area (Å²) >= 11 is 0. The lowest BCUT2D eigenvalue weighted by Gasteiger charge is -2.32. The molecule has 148 valence electrons. The first-order valence-corrected chi connectivity index (χ1v) is 10.1. The van der Waals surface area contributed by atoms with E-state index in [4.69, 9.17) is 0 Å². The standard InChI is InChI=1S/C21H23N7O/c29-21(27-12-9-15(10-13-27)16-4-3-11-22-14-16)23-19-6-2-1-5-18(19)20-24-25-26-28(20)17-7-8-17/h1-6,11,14-15,17H,7-10,12-13H2,(H,23,29). The maximum atomic E-state index is 12.9. The average molecular weight is 389 g/mol. The number of nitrogens with one attached hydrogen (secondary N) is 1. The molecule has 1 aliphatic carbocycles. The predicted octanol–water partition coefficient (Wildman–Crippen LogP) is 3.48. The van der Waals surface area contributed by atoms with Crippen LogP contribution in [0, 0.1) is 0 Å². The highest BCUT2D eigenvalue weighted by atomic mass is 16.2. The molecule has 1 aromatic carbocycles. The molecule has 2 amide bonds. The van der Waals surface area contributed by atoms with Gasteiger partial charge in [-0.05, 0) is 65.8 Å². The Labute approximate surface area is 168 Å². The molecular formula is C21H23N7O. The summed E-state index contributed by atoms with van der Waals surface area (Å²) in [6, 6.07) is 12.1. The summed E-state index contributed by atoms with van der Waals surface area (Å²) in [6.07, 6.45) is 7.81. The quantitative estimate of drug-likeness (QED) is 0.738. The lowest BCUT2D eigenvalue weighted by molar-refractivity contribution is 0.194. The molecule has 3 aromatic rings. The number of carbonyl (C=O) groups excluding carboxylic acids is 1. The lowest BCUT2D eigenvalue weighted by atomic mass is 9.91. The summed E-state index contributed by atoms with van der Waals surface area (Å²) in [4.78, 5) is 19.0. The van der Waals surface area contributed by atoms with Crippen LogP contribution in [0.3, 0.4) is 0 Å². The van der Waals surface area contributed by atoms with E-state index in [1.165, 1.54) is 5.56 Å². The Morgan fingerprint density at radius 1 is 1.03 bits per heavy atom. The number of pyridine rings is 1. The molecule has 2 aliphatic rings. The van der Waals surface area contributed by atoms with Gasteiger partial charge in [-0.25, -0.2) is 9.48 Å². The van der Waals surface area contributed by atoms with E-state index in [1.54, 1.807) is 6.20 Å². The zero-order valence-corrected chi connectivity index (χ0v) is 16.1. The largest absolute Gasteiger partial charge is 0.324 e. The summed E-state index contributed by atoms with van der Waals surface area (Å²) < 4.78 is 1.87. The van der Waals surface area contributed by atoms with Gasteiger partial charge in [0.15, 0.2) is 5.82 Å². The molecular weight excluding hydrogens is 366 g/mol. The van der Waals surface area contributed by atoms with E-state index in [0.717, 1.165) is 50.0 Å². The van der Waals surface area contributed by atoms with E-state index in [1.807, 2.05) is 46.1 Å². The van der Waals surface area contributed by atoms with Crippen molar-refractivity contribution in [3.05, 3.63) is 54.4 Å². The number of carbonyl (C=O) groups is 1. The van der Waals surface area contributed by atoms with Crippen molar-refractivity contribution >= 4 is 11.7 Å². The molecule has 1 saturated heterocycles. The van der Waals surface area contributed by atoms with Crippen molar-refractivity contribution in [3.63, 3.8) is 0 Å². The fourth-order valence-corrected chi connectivity index (χ4v) is 3.95. The molecule has 8 nitrogen and oxygen atoms in total. The monoisotopic (exact) mass is 389 g/mol. The van der Waals surface area contributed by atoms with Gasteiger partial charge in [0.1, 0.15) is 0 Å². The fourth-order valence-electron chi connectivity index (χ4n) is 3.95. The highest BCUT2D eigenvalue weighted by molar-refractivity contribution is 5.93. The van der Waals surface area contributed by atoms with Crippen LogP contribution in [0.4, 0.5) is 10.5 Å².